The largest absolute Gasteiger partial charge is 0.316 e. The van der Waals surface area contributed by atoms with Crippen molar-refractivity contribution < 1.29 is 0 Å². The molecule has 0 aliphatic carbocycles. The lowest BCUT2D eigenvalue weighted by Crippen LogP contribution is -1.95. The van der Waals surface area contributed by atoms with Crippen LogP contribution in [0.5, 0.6) is 0 Å². The Labute approximate surface area is 303 Å². The number of hydrogen-bond acceptors (Lipinski definition) is 0. The zero-order chi connectivity index (χ0) is 34.4. The molecule has 8 aromatic carbocycles. The van der Waals surface area contributed by atoms with Gasteiger partial charge < -0.3 is 9.13 Å². The maximum Gasteiger partial charge on any atom is 0.0635 e. The average molecular weight is 663 g/mol. The summed E-state index contributed by atoms with van der Waals surface area (Å²) in [6, 6.07) is 72.5. The van der Waals surface area contributed by atoms with Gasteiger partial charge in [-0.25, -0.2) is 0 Å². The highest BCUT2D eigenvalue weighted by atomic mass is 15.0. The van der Waals surface area contributed by atoms with Crippen molar-refractivity contribution in [1.29, 1.82) is 0 Å². The van der Waals surface area contributed by atoms with Gasteiger partial charge in [0.15, 0.2) is 0 Å². The SMILES string of the molecule is c1ccc(-c2ccc(-n3c4ccc(-c5cc(-c6ccccc6)cc(-c6ccccc6)c5)cc4c4ccc5c(ccn5-c5ccccc5)c43)cc2)cc1. The van der Waals surface area contributed by atoms with Crippen molar-refractivity contribution in [2.45, 2.75) is 0 Å². The predicted octanol–water partition coefficient (Wildman–Crippen LogP) is 13.4. The number of rotatable bonds is 6. The Balaban J connectivity index is 1.21. The molecule has 0 radical (unpaired) electrons. The summed E-state index contributed by atoms with van der Waals surface area (Å²) in [6.45, 7) is 0. The molecule has 0 fully saturated rings. The lowest BCUT2D eigenvalue weighted by atomic mass is 9.93. The van der Waals surface area contributed by atoms with Crippen molar-refractivity contribution in [2.75, 3.05) is 0 Å². The first kappa shape index (κ1) is 30.0. The van der Waals surface area contributed by atoms with Crippen LogP contribution >= 0.6 is 0 Å². The van der Waals surface area contributed by atoms with E-state index in [-0.39, 0.29) is 0 Å². The van der Waals surface area contributed by atoms with E-state index in [0.717, 1.165) is 11.4 Å². The Hall–Kier alpha value is -6.90. The van der Waals surface area contributed by atoms with Gasteiger partial charge in [-0.3, -0.25) is 0 Å². The van der Waals surface area contributed by atoms with Crippen molar-refractivity contribution in [3.63, 3.8) is 0 Å². The highest BCUT2D eigenvalue weighted by molar-refractivity contribution is 6.19. The normalized spacial score (nSPS) is 11.5. The molecule has 2 aromatic heterocycles. The Bertz CT molecular complexity index is 2790. The first-order valence-corrected chi connectivity index (χ1v) is 17.8. The van der Waals surface area contributed by atoms with Gasteiger partial charge >= 0.3 is 0 Å². The molecular weight excluding hydrogens is 629 g/mol. The quantitative estimate of drug-likeness (QED) is 0.168. The molecular formula is C50H34N2. The van der Waals surface area contributed by atoms with Crippen LogP contribution < -0.4 is 0 Å². The molecule has 52 heavy (non-hydrogen) atoms. The van der Waals surface area contributed by atoms with Crippen LogP contribution in [0.2, 0.25) is 0 Å². The summed E-state index contributed by atoms with van der Waals surface area (Å²) in [5.41, 5.74) is 15.6. The van der Waals surface area contributed by atoms with Crippen molar-refractivity contribution >= 4 is 32.7 Å². The van der Waals surface area contributed by atoms with Crippen LogP contribution in [0.15, 0.2) is 206 Å². The monoisotopic (exact) mass is 662 g/mol. The van der Waals surface area contributed by atoms with E-state index >= 15 is 0 Å². The third-order valence-corrected chi connectivity index (χ3v) is 10.3. The van der Waals surface area contributed by atoms with Gasteiger partial charge in [0.05, 0.1) is 16.6 Å². The Morgan fingerprint density at radius 2 is 0.750 bits per heavy atom. The summed E-state index contributed by atoms with van der Waals surface area (Å²) in [5, 5.41) is 3.70. The molecule has 10 aromatic rings. The first-order valence-electron chi connectivity index (χ1n) is 17.8. The van der Waals surface area contributed by atoms with Gasteiger partial charge in [-0.15, -0.1) is 0 Å². The highest BCUT2D eigenvalue weighted by Gasteiger charge is 2.18. The molecule has 0 atom stereocenters. The molecule has 0 N–H and O–H groups in total. The fraction of sp³-hybridized carbons (Fsp3) is 0. The molecule has 0 bridgehead atoms. The molecule has 10 rings (SSSR count). The number of benzene rings is 8. The van der Waals surface area contributed by atoms with Gasteiger partial charge in [-0.1, -0.05) is 133 Å². The van der Waals surface area contributed by atoms with E-state index in [1.807, 2.05) is 0 Å². The van der Waals surface area contributed by atoms with E-state index in [1.165, 1.54) is 77.2 Å². The Morgan fingerprint density at radius 1 is 0.269 bits per heavy atom. The summed E-state index contributed by atoms with van der Waals surface area (Å²) >= 11 is 0. The van der Waals surface area contributed by atoms with Gasteiger partial charge in [0.2, 0.25) is 0 Å². The molecule has 0 unspecified atom stereocenters. The molecule has 0 saturated heterocycles. The summed E-state index contributed by atoms with van der Waals surface area (Å²) in [6.07, 6.45) is 2.20. The molecule has 0 saturated carbocycles. The Kier molecular flexibility index (Phi) is 7.18. The highest BCUT2D eigenvalue weighted by Crippen LogP contribution is 2.41. The van der Waals surface area contributed by atoms with E-state index in [4.69, 9.17) is 0 Å². The minimum atomic E-state index is 1.14. The fourth-order valence-electron chi connectivity index (χ4n) is 7.81. The van der Waals surface area contributed by atoms with Crippen LogP contribution in [-0.4, -0.2) is 9.13 Å². The summed E-state index contributed by atoms with van der Waals surface area (Å²) in [5.74, 6) is 0. The third-order valence-electron chi connectivity index (χ3n) is 10.3. The van der Waals surface area contributed by atoms with Crippen molar-refractivity contribution in [1.82, 2.24) is 9.13 Å². The van der Waals surface area contributed by atoms with Crippen LogP contribution in [0, 0.1) is 0 Å². The number of hydrogen-bond donors (Lipinski definition) is 0. The van der Waals surface area contributed by atoms with E-state index in [0.29, 0.717) is 0 Å². The summed E-state index contributed by atoms with van der Waals surface area (Å²) in [4.78, 5) is 0. The minimum Gasteiger partial charge on any atom is -0.316 e. The van der Waals surface area contributed by atoms with Crippen LogP contribution in [-0.2, 0) is 0 Å². The fourth-order valence-corrected chi connectivity index (χ4v) is 7.81. The van der Waals surface area contributed by atoms with Crippen molar-refractivity contribution in [3.8, 4) is 55.9 Å². The second kappa shape index (κ2) is 12.5. The van der Waals surface area contributed by atoms with Crippen molar-refractivity contribution in [3.05, 3.63) is 206 Å². The second-order valence-electron chi connectivity index (χ2n) is 13.4. The van der Waals surface area contributed by atoms with Crippen LogP contribution in [0.3, 0.4) is 0 Å². The molecule has 0 aliphatic heterocycles. The average Bonchev–Trinajstić information content (AvgIpc) is 3.81. The standard InChI is InChI=1S/C50H34N2/c1-5-13-35(14-6-1)38-21-24-44(25-22-38)52-49-27-23-39(42-32-40(36-15-7-2-8-16-36)31-41(33-42)37-17-9-3-10-18-37)34-47(49)45-26-28-48-46(50(45)52)29-30-51(48)43-19-11-4-12-20-43/h1-34H. The number of para-hydroxylation sites is 1. The minimum absolute atomic E-state index is 1.14. The Morgan fingerprint density at radius 3 is 1.35 bits per heavy atom. The molecule has 244 valence electrons. The molecule has 2 heterocycles. The number of nitrogens with zero attached hydrogens (tertiary/aromatic N) is 2. The van der Waals surface area contributed by atoms with E-state index in [1.54, 1.807) is 0 Å². The van der Waals surface area contributed by atoms with Gasteiger partial charge in [0.1, 0.15) is 0 Å². The summed E-state index contributed by atoms with van der Waals surface area (Å²) < 4.78 is 4.75. The second-order valence-corrected chi connectivity index (χ2v) is 13.4. The van der Waals surface area contributed by atoms with Gasteiger partial charge in [0, 0.05) is 33.7 Å². The lowest BCUT2D eigenvalue weighted by molar-refractivity contribution is 1.13. The maximum absolute atomic E-state index is 2.46. The third kappa shape index (κ3) is 5.12. The van der Waals surface area contributed by atoms with E-state index in [9.17, 15) is 0 Å². The van der Waals surface area contributed by atoms with Gasteiger partial charge in [-0.05, 0) is 111 Å². The first-order chi connectivity index (χ1) is 25.8. The number of aromatic nitrogens is 2. The molecule has 0 amide bonds. The molecule has 2 heteroatoms. The molecule has 0 spiro atoms. The zero-order valence-electron chi connectivity index (χ0n) is 28.5. The predicted molar refractivity (Wildman–Crippen MR) is 219 cm³/mol. The lowest BCUT2D eigenvalue weighted by Gasteiger charge is -2.12. The zero-order valence-corrected chi connectivity index (χ0v) is 28.5. The number of fused-ring (bicyclic) bond motifs is 5. The van der Waals surface area contributed by atoms with Crippen molar-refractivity contribution in [2.24, 2.45) is 0 Å². The smallest absolute Gasteiger partial charge is 0.0635 e. The molecule has 0 aliphatic rings. The van der Waals surface area contributed by atoms with E-state index < -0.39 is 0 Å². The van der Waals surface area contributed by atoms with Crippen LogP contribution in [0.4, 0.5) is 0 Å². The topological polar surface area (TPSA) is 9.86 Å². The van der Waals surface area contributed by atoms with Gasteiger partial charge in [-0.2, -0.15) is 0 Å². The van der Waals surface area contributed by atoms with Gasteiger partial charge in [0.25, 0.3) is 0 Å². The van der Waals surface area contributed by atoms with Crippen LogP contribution in [0.25, 0.3) is 88.6 Å². The van der Waals surface area contributed by atoms with E-state index in [2.05, 4.69) is 216 Å². The van der Waals surface area contributed by atoms with Crippen LogP contribution in [0.1, 0.15) is 0 Å². The molecule has 2 nitrogen and oxygen atoms in total. The maximum atomic E-state index is 2.46. The summed E-state index contributed by atoms with van der Waals surface area (Å²) in [7, 11) is 0.